The van der Waals surface area contributed by atoms with Gasteiger partial charge in [0.15, 0.2) is 11.5 Å². The molecule has 0 aliphatic carbocycles. The summed E-state index contributed by atoms with van der Waals surface area (Å²) >= 11 is 1.50. The second kappa shape index (κ2) is 10.3. The number of methoxy groups -OCH3 is 2. The highest BCUT2D eigenvalue weighted by Crippen LogP contribution is 2.38. The zero-order valence-electron chi connectivity index (χ0n) is 19.7. The highest BCUT2D eigenvalue weighted by Gasteiger charge is 2.46. The van der Waals surface area contributed by atoms with Crippen LogP contribution >= 0.6 is 11.3 Å². The molecule has 1 saturated heterocycles. The summed E-state index contributed by atoms with van der Waals surface area (Å²) in [6, 6.07) is 7.90. The van der Waals surface area contributed by atoms with Crippen LogP contribution in [0.1, 0.15) is 42.7 Å². The third-order valence-corrected chi connectivity index (χ3v) is 6.85. The first kappa shape index (κ1) is 24.4. The van der Waals surface area contributed by atoms with E-state index >= 15 is 0 Å². The van der Waals surface area contributed by atoms with E-state index in [1.807, 2.05) is 30.5 Å². The Bertz CT molecular complexity index is 1180. The summed E-state index contributed by atoms with van der Waals surface area (Å²) in [5.74, 6) is -1.42. The fourth-order valence-corrected chi connectivity index (χ4v) is 4.78. The Hall–Kier alpha value is -3.73. The van der Waals surface area contributed by atoms with E-state index < -0.39 is 36.3 Å². The third kappa shape index (κ3) is 4.63. The number of hydrogen-bond acceptors (Lipinski definition) is 8. The van der Waals surface area contributed by atoms with Crippen molar-refractivity contribution in [2.75, 3.05) is 27.3 Å². The molecule has 1 unspecified atom stereocenters. The maximum absolute atomic E-state index is 13.4. The number of nitrogens with zero attached hydrogens (tertiary/aromatic N) is 4. The highest BCUT2D eigenvalue weighted by atomic mass is 32.1. The number of imide groups is 2. The molecule has 10 nitrogen and oxygen atoms in total. The average molecular weight is 499 g/mol. The number of carbonyl (C=O) groups excluding carboxylic acids is 4. The van der Waals surface area contributed by atoms with Gasteiger partial charge in [-0.3, -0.25) is 19.3 Å². The van der Waals surface area contributed by atoms with E-state index in [9.17, 15) is 19.2 Å². The standard InChI is InChI=1S/C24H26N4O6S/c1-4-5-10-26-22(30)23(31)27(24(26)32)14-21(29)28-17(13-16(25-28)20-7-6-11-35-20)15-8-9-18(33-2)19(12-15)34-3/h6-9,11-12,17H,4-5,10,13-14H2,1-3H3. The summed E-state index contributed by atoms with van der Waals surface area (Å²) in [6.45, 7) is 1.49. The van der Waals surface area contributed by atoms with Crippen LogP contribution in [0, 0.1) is 0 Å². The summed E-state index contributed by atoms with van der Waals surface area (Å²) in [5, 5.41) is 7.77. The predicted octanol–water partition coefficient (Wildman–Crippen LogP) is 3.03. The first-order valence-corrected chi connectivity index (χ1v) is 12.1. The minimum Gasteiger partial charge on any atom is -0.493 e. The Kier molecular flexibility index (Phi) is 7.15. The molecule has 11 heteroatoms. The van der Waals surface area contributed by atoms with Gasteiger partial charge >= 0.3 is 17.8 Å². The second-order valence-corrected chi connectivity index (χ2v) is 9.03. The fourth-order valence-electron chi connectivity index (χ4n) is 4.06. The Morgan fingerprint density at radius 3 is 2.49 bits per heavy atom. The molecule has 2 aromatic rings. The van der Waals surface area contributed by atoms with E-state index in [1.54, 1.807) is 12.1 Å². The molecule has 2 aliphatic rings. The fraction of sp³-hybridized carbons (Fsp3) is 0.375. The number of rotatable bonds is 9. The van der Waals surface area contributed by atoms with Crippen molar-refractivity contribution in [2.45, 2.75) is 32.2 Å². The molecule has 4 rings (SSSR count). The summed E-state index contributed by atoms with van der Waals surface area (Å²) in [7, 11) is 3.06. The minimum absolute atomic E-state index is 0.142. The van der Waals surface area contributed by atoms with Crippen LogP contribution < -0.4 is 9.47 Å². The number of ether oxygens (including phenoxy) is 2. The molecule has 1 aromatic heterocycles. The molecule has 0 N–H and O–H groups in total. The summed E-state index contributed by atoms with van der Waals surface area (Å²) in [5.41, 5.74) is 1.47. The summed E-state index contributed by atoms with van der Waals surface area (Å²) < 4.78 is 10.7. The first-order chi connectivity index (χ1) is 16.9. The van der Waals surface area contributed by atoms with E-state index in [0.29, 0.717) is 35.0 Å². The monoisotopic (exact) mass is 498 g/mol. The van der Waals surface area contributed by atoms with Crippen LogP contribution in [0.25, 0.3) is 0 Å². The van der Waals surface area contributed by atoms with Crippen LogP contribution in [0.3, 0.4) is 0 Å². The molecular weight excluding hydrogens is 472 g/mol. The molecular formula is C24H26N4O6S. The molecule has 1 fully saturated rings. The maximum atomic E-state index is 13.4. The molecule has 0 bridgehead atoms. The van der Waals surface area contributed by atoms with Crippen molar-refractivity contribution in [1.29, 1.82) is 0 Å². The molecule has 5 amide bonds. The number of thiophene rings is 1. The van der Waals surface area contributed by atoms with Gasteiger partial charge in [0, 0.05) is 13.0 Å². The zero-order chi connectivity index (χ0) is 25.1. The lowest BCUT2D eigenvalue weighted by atomic mass is 10.0. The molecule has 0 radical (unpaired) electrons. The topological polar surface area (TPSA) is 109 Å². The van der Waals surface area contributed by atoms with Crippen molar-refractivity contribution < 1.29 is 28.7 Å². The van der Waals surface area contributed by atoms with Gasteiger partial charge in [-0.1, -0.05) is 25.5 Å². The van der Waals surface area contributed by atoms with E-state index in [1.165, 1.54) is 30.6 Å². The van der Waals surface area contributed by atoms with Crippen molar-refractivity contribution in [3.63, 3.8) is 0 Å². The van der Waals surface area contributed by atoms with Crippen LogP contribution in [-0.4, -0.2) is 71.6 Å². The van der Waals surface area contributed by atoms with Gasteiger partial charge in [0.1, 0.15) is 6.54 Å². The van der Waals surface area contributed by atoms with Crippen molar-refractivity contribution >= 4 is 40.8 Å². The summed E-state index contributed by atoms with van der Waals surface area (Å²) in [4.78, 5) is 53.4. The highest BCUT2D eigenvalue weighted by molar-refractivity contribution is 7.12. The van der Waals surface area contributed by atoms with Crippen molar-refractivity contribution in [2.24, 2.45) is 5.10 Å². The quantitative estimate of drug-likeness (QED) is 0.388. The molecule has 0 saturated carbocycles. The van der Waals surface area contributed by atoms with Gasteiger partial charge in [0.25, 0.3) is 5.91 Å². The van der Waals surface area contributed by atoms with Gasteiger partial charge in [-0.15, -0.1) is 11.3 Å². The van der Waals surface area contributed by atoms with E-state index in [2.05, 4.69) is 5.10 Å². The van der Waals surface area contributed by atoms with E-state index in [0.717, 1.165) is 21.8 Å². The Morgan fingerprint density at radius 2 is 1.83 bits per heavy atom. The van der Waals surface area contributed by atoms with Gasteiger partial charge in [0.05, 0.1) is 30.9 Å². The maximum Gasteiger partial charge on any atom is 0.334 e. The molecule has 184 valence electrons. The van der Waals surface area contributed by atoms with Crippen LogP contribution in [0.5, 0.6) is 11.5 Å². The molecule has 2 aliphatic heterocycles. The Balaban J connectivity index is 1.61. The Morgan fingerprint density at radius 1 is 1.09 bits per heavy atom. The van der Waals surface area contributed by atoms with Crippen LogP contribution in [0.15, 0.2) is 40.8 Å². The normalized spacial score (nSPS) is 17.9. The molecule has 0 spiro atoms. The SMILES string of the molecule is CCCCN1C(=O)C(=O)N(CC(=O)N2N=C(c3cccs3)CC2c2ccc(OC)c(OC)c2)C1=O. The van der Waals surface area contributed by atoms with Gasteiger partial charge in [-0.2, -0.15) is 5.10 Å². The van der Waals surface area contributed by atoms with Gasteiger partial charge in [-0.05, 0) is 35.6 Å². The average Bonchev–Trinajstić information content (AvgIpc) is 3.60. The Labute approximate surface area is 206 Å². The van der Waals surface area contributed by atoms with Gasteiger partial charge in [-0.25, -0.2) is 14.7 Å². The lowest BCUT2D eigenvalue weighted by Gasteiger charge is -2.24. The zero-order valence-corrected chi connectivity index (χ0v) is 20.5. The van der Waals surface area contributed by atoms with E-state index in [-0.39, 0.29) is 6.54 Å². The number of hydrazone groups is 1. The number of urea groups is 1. The van der Waals surface area contributed by atoms with E-state index in [4.69, 9.17) is 9.47 Å². The number of benzene rings is 1. The van der Waals surface area contributed by atoms with Crippen molar-refractivity contribution in [1.82, 2.24) is 14.8 Å². The van der Waals surface area contributed by atoms with Crippen LogP contribution in [0.4, 0.5) is 4.79 Å². The van der Waals surface area contributed by atoms with Crippen LogP contribution in [-0.2, 0) is 14.4 Å². The lowest BCUT2D eigenvalue weighted by molar-refractivity contribution is -0.145. The van der Waals surface area contributed by atoms with Gasteiger partial charge < -0.3 is 9.47 Å². The molecule has 35 heavy (non-hydrogen) atoms. The molecule has 1 atom stereocenters. The molecule has 1 aromatic carbocycles. The number of hydrogen-bond donors (Lipinski definition) is 0. The minimum atomic E-state index is -0.997. The number of unbranched alkanes of at least 4 members (excludes halogenated alkanes) is 1. The first-order valence-electron chi connectivity index (χ1n) is 11.2. The van der Waals surface area contributed by atoms with Crippen LogP contribution in [0.2, 0.25) is 0 Å². The third-order valence-electron chi connectivity index (χ3n) is 5.93. The van der Waals surface area contributed by atoms with Crippen molar-refractivity contribution in [3.8, 4) is 11.5 Å². The predicted molar refractivity (Wildman–Crippen MR) is 128 cm³/mol. The largest absolute Gasteiger partial charge is 0.493 e. The summed E-state index contributed by atoms with van der Waals surface area (Å²) in [6.07, 6.45) is 1.77. The second-order valence-electron chi connectivity index (χ2n) is 8.08. The van der Waals surface area contributed by atoms with Crippen molar-refractivity contribution in [3.05, 3.63) is 46.2 Å². The molecule has 3 heterocycles. The van der Waals surface area contributed by atoms with Gasteiger partial charge in [0.2, 0.25) is 0 Å². The lowest BCUT2D eigenvalue weighted by Crippen LogP contribution is -2.42. The smallest absolute Gasteiger partial charge is 0.334 e. The number of carbonyl (C=O) groups is 4. The number of amides is 5.